The van der Waals surface area contributed by atoms with Crippen LogP contribution in [-0.2, 0) is 7.05 Å². The molecule has 5 nitrogen and oxygen atoms in total. The molecule has 0 aliphatic rings. The normalized spacial score (nSPS) is 10.5. The molecule has 88 valence electrons. The molecule has 0 aliphatic carbocycles. The molecule has 0 radical (unpaired) electrons. The van der Waals surface area contributed by atoms with Gasteiger partial charge < -0.3 is 5.73 Å². The van der Waals surface area contributed by atoms with Crippen molar-refractivity contribution in [2.24, 2.45) is 12.8 Å². The number of aryl methyl sites for hydroxylation is 3. The second-order valence-electron chi connectivity index (χ2n) is 4.07. The molecule has 2 heterocycles. The Morgan fingerprint density at radius 2 is 2.12 bits per heavy atom. The van der Waals surface area contributed by atoms with Crippen LogP contribution >= 0.6 is 0 Å². The molecule has 0 saturated heterocycles. The zero-order valence-electron chi connectivity index (χ0n) is 10.1. The van der Waals surface area contributed by atoms with Crippen molar-refractivity contribution in [2.45, 2.75) is 13.8 Å². The van der Waals surface area contributed by atoms with Crippen LogP contribution in [0.5, 0.6) is 0 Å². The van der Waals surface area contributed by atoms with Crippen LogP contribution in [0.25, 0.3) is 11.3 Å². The van der Waals surface area contributed by atoms with Crippen molar-refractivity contribution in [1.29, 1.82) is 0 Å². The predicted molar refractivity (Wildman–Crippen MR) is 64.4 cm³/mol. The molecule has 0 atom stereocenters. The Morgan fingerprint density at radius 1 is 1.41 bits per heavy atom. The van der Waals surface area contributed by atoms with Crippen molar-refractivity contribution in [3.8, 4) is 11.3 Å². The molecule has 0 bridgehead atoms. The number of pyridine rings is 1. The van der Waals surface area contributed by atoms with Gasteiger partial charge in [0.1, 0.15) is 0 Å². The number of amides is 1. The van der Waals surface area contributed by atoms with Gasteiger partial charge >= 0.3 is 0 Å². The van der Waals surface area contributed by atoms with Crippen molar-refractivity contribution >= 4 is 5.91 Å². The Balaban J connectivity index is 2.71. The molecule has 2 N–H and O–H groups in total. The summed E-state index contributed by atoms with van der Waals surface area (Å²) >= 11 is 0. The lowest BCUT2D eigenvalue weighted by atomic mass is 10.0. The van der Waals surface area contributed by atoms with E-state index in [1.165, 1.54) is 0 Å². The highest BCUT2D eigenvalue weighted by Gasteiger charge is 2.16. The van der Waals surface area contributed by atoms with Crippen molar-refractivity contribution in [3.05, 3.63) is 35.3 Å². The number of carbonyl (C=O) groups is 1. The van der Waals surface area contributed by atoms with Crippen LogP contribution in [0.3, 0.4) is 0 Å². The maximum absolute atomic E-state index is 11.5. The van der Waals surface area contributed by atoms with E-state index < -0.39 is 5.91 Å². The van der Waals surface area contributed by atoms with Gasteiger partial charge in [-0.25, -0.2) is 0 Å². The zero-order chi connectivity index (χ0) is 12.6. The second kappa shape index (κ2) is 4.01. The molecular formula is C12H14N4O. The summed E-state index contributed by atoms with van der Waals surface area (Å²) in [6.45, 7) is 3.74. The molecule has 0 saturated carbocycles. The van der Waals surface area contributed by atoms with E-state index in [0.29, 0.717) is 11.3 Å². The van der Waals surface area contributed by atoms with E-state index in [4.69, 9.17) is 5.73 Å². The average Bonchev–Trinajstić information content (AvgIpc) is 2.62. The smallest absolute Gasteiger partial charge is 0.251 e. The molecule has 0 aromatic carbocycles. The third-order valence-corrected chi connectivity index (χ3v) is 2.57. The van der Waals surface area contributed by atoms with Crippen LogP contribution in [0.15, 0.2) is 18.5 Å². The number of carbonyl (C=O) groups excluding carboxylic acids is 1. The minimum absolute atomic E-state index is 0.462. The first-order chi connectivity index (χ1) is 7.99. The number of hydrogen-bond acceptors (Lipinski definition) is 3. The van der Waals surface area contributed by atoms with E-state index >= 15 is 0 Å². The van der Waals surface area contributed by atoms with Gasteiger partial charge in [-0.05, 0) is 25.5 Å². The molecule has 0 spiro atoms. The lowest BCUT2D eigenvalue weighted by molar-refractivity contribution is 0.1000. The van der Waals surface area contributed by atoms with Crippen molar-refractivity contribution in [3.63, 3.8) is 0 Å². The maximum Gasteiger partial charge on any atom is 0.251 e. The first-order valence-electron chi connectivity index (χ1n) is 5.26. The van der Waals surface area contributed by atoms with Gasteiger partial charge in [0.2, 0.25) is 0 Å². The fraction of sp³-hybridized carbons (Fsp3) is 0.250. The number of nitrogens with zero attached hydrogens (tertiary/aromatic N) is 3. The summed E-state index contributed by atoms with van der Waals surface area (Å²) in [7, 11) is 1.82. The third-order valence-electron chi connectivity index (χ3n) is 2.57. The molecule has 1 amide bonds. The van der Waals surface area contributed by atoms with E-state index in [9.17, 15) is 4.79 Å². The predicted octanol–water partition coefficient (Wildman–Crippen LogP) is 1.20. The summed E-state index contributed by atoms with van der Waals surface area (Å²) in [5.74, 6) is -0.464. The van der Waals surface area contributed by atoms with Crippen LogP contribution in [0.4, 0.5) is 0 Å². The van der Waals surface area contributed by atoms with Gasteiger partial charge in [-0.1, -0.05) is 0 Å². The highest BCUT2D eigenvalue weighted by Crippen LogP contribution is 2.24. The monoisotopic (exact) mass is 230 g/mol. The van der Waals surface area contributed by atoms with Gasteiger partial charge in [-0.2, -0.15) is 5.10 Å². The molecule has 0 fully saturated rings. The summed E-state index contributed by atoms with van der Waals surface area (Å²) in [5, 5.41) is 4.08. The summed E-state index contributed by atoms with van der Waals surface area (Å²) < 4.78 is 1.67. The second-order valence-corrected chi connectivity index (χ2v) is 4.07. The molecule has 0 unspecified atom stereocenters. The average molecular weight is 230 g/mol. The Bertz CT molecular complexity index is 586. The summed E-state index contributed by atoms with van der Waals surface area (Å²) in [5.41, 5.74) is 8.95. The standard InChI is InChI=1S/C12H14N4O/c1-7-4-8(2)15-11(10(7)12(13)17)9-5-14-16(3)6-9/h4-6H,1-3H3,(H2,13,17). The SMILES string of the molecule is Cc1cc(C)c(C(N)=O)c(-c2cnn(C)c2)n1. The third kappa shape index (κ3) is 2.04. The number of primary amides is 1. The van der Waals surface area contributed by atoms with Crippen LogP contribution in [-0.4, -0.2) is 20.7 Å². The maximum atomic E-state index is 11.5. The molecule has 5 heteroatoms. The minimum atomic E-state index is -0.464. The molecule has 2 rings (SSSR count). The Hall–Kier alpha value is -2.17. The first kappa shape index (κ1) is 11.3. The molecule has 2 aromatic heterocycles. The topological polar surface area (TPSA) is 73.8 Å². The van der Waals surface area contributed by atoms with Gasteiger partial charge in [-0.3, -0.25) is 14.5 Å². The first-order valence-corrected chi connectivity index (χ1v) is 5.26. The Kier molecular flexibility index (Phi) is 2.67. The van der Waals surface area contributed by atoms with Crippen molar-refractivity contribution < 1.29 is 4.79 Å². The van der Waals surface area contributed by atoms with E-state index in [1.54, 1.807) is 10.9 Å². The van der Waals surface area contributed by atoms with Gasteiger partial charge in [0.05, 0.1) is 17.5 Å². The zero-order valence-corrected chi connectivity index (χ0v) is 10.1. The molecular weight excluding hydrogens is 216 g/mol. The minimum Gasteiger partial charge on any atom is -0.366 e. The highest BCUT2D eigenvalue weighted by atomic mass is 16.1. The number of aromatic nitrogens is 3. The van der Waals surface area contributed by atoms with Crippen LogP contribution in [0, 0.1) is 13.8 Å². The Morgan fingerprint density at radius 3 is 2.65 bits per heavy atom. The molecule has 0 aliphatic heterocycles. The summed E-state index contributed by atoms with van der Waals surface area (Å²) in [6, 6.07) is 1.85. The number of rotatable bonds is 2. The van der Waals surface area contributed by atoms with Crippen LogP contribution in [0.1, 0.15) is 21.6 Å². The lowest BCUT2D eigenvalue weighted by Crippen LogP contribution is -2.15. The fourth-order valence-corrected chi connectivity index (χ4v) is 1.90. The Labute approximate surface area is 99.3 Å². The molecule has 2 aromatic rings. The van der Waals surface area contributed by atoms with Gasteiger partial charge in [0.25, 0.3) is 5.91 Å². The van der Waals surface area contributed by atoms with Crippen molar-refractivity contribution in [2.75, 3.05) is 0 Å². The summed E-state index contributed by atoms with van der Waals surface area (Å²) in [4.78, 5) is 15.9. The fourth-order valence-electron chi connectivity index (χ4n) is 1.90. The number of hydrogen-bond donors (Lipinski definition) is 1. The van der Waals surface area contributed by atoms with E-state index in [1.807, 2.05) is 33.2 Å². The van der Waals surface area contributed by atoms with E-state index in [-0.39, 0.29) is 0 Å². The molecule has 17 heavy (non-hydrogen) atoms. The lowest BCUT2D eigenvalue weighted by Gasteiger charge is -2.08. The van der Waals surface area contributed by atoms with Crippen LogP contribution < -0.4 is 5.73 Å². The van der Waals surface area contributed by atoms with E-state index in [0.717, 1.165) is 16.8 Å². The van der Waals surface area contributed by atoms with Crippen molar-refractivity contribution in [1.82, 2.24) is 14.8 Å². The van der Waals surface area contributed by atoms with Gasteiger partial charge in [-0.15, -0.1) is 0 Å². The number of nitrogens with two attached hydrogens (primary N) is 1. The largest absolute Gasteiger partial charge is 0.366 e. The van der Waals surface area contributed by atoms with E-state index in [2.05, 4.69) is 10.1 Å². The van der Waals surface area contributed by atoms with Crippen LogP contribution in [0.2, 0.25) is 0 Å². The summed E-state index contributed by atoms with van der Waals surface area (Å²) in [6.07, 6.45) is 3.49. The highest BCUT2D eigenvalue weighted by molar-refractivity contribution is 6.00. The van der Waals surface area contributed by atoms with Gasteiger partial charge in [0, 0.05) is 24.5 Å². The van der Waals surface area contributed by atoms with Gasteiger partial charge in [0.15, 0.2) is 0 Å². The quantitative estimate of drug-likeness (QED) is 0.842.